The zero-order valence-electron chi connectivity index (χ0n) is 45.8. The highest BCUT2D eigenvalue weighted by Gasteiger charge is 2.24. The molecule has 25 heteroatoms. The summed E-state index contributed by atoms with van der Waals surface area (Å²) in [6.07, 6.45) is 5.68. The average molecular weight is 1150 g/mol. The second kappa shape index (κ2) is 23.2. The predicted molar refractivity (Wildman–Crippen MR) is 328 cm³/mol. The number of nitrogens with one attached hydrogen (secondary N) is 6. The van der Waals surface area contributed by atoms with Crippen molar-refractivity contribution in [2.45, 2.75) is 70.1 Å². The molecular weight excluding hydrogens is 1090 g/mol. The molecule has 10 N–H and O–H groups in total. The number of fused-ring (bicyclic) bond motifs is 2. The molecule has 8 aromatic heterocycles. The fraction of sp³-hybridized carbons (Fsp3) is 0.190. The highest BCUT2D eigenvalue weighted by molar-refractivity contribution is 7.98. The molecule has 0 amide bonds. The molecule has 23 nitrogen and oxygen atoms in total. The van der Waals surface area contributed by atoms with E-state index in [1.54, 1.807) is 18.2 Å². The van der Waals surface area contributed by atoms with Gasteiger partial charge in [0, 0.05) is 80.3 Å². The number of H-pyrrole nitrogens is 4. The van der Waals surface area contributed by atoms with Crippen LogP contribution in [0, 0.1) is 0 Å². The molecule has 0 aliphatic heterocycles. The van der Waals surface area contributed by atoms with Crippen LogP contribution < -0.4 is 37.1 Å². The molecule has 12 aromatic rings. The van der Waals surface area contributed by atoms with E-state index < -0.39 is 0 Å². The molecule has 0 atom stereocenters. The van der Waals surface area contributed by atoms with Crippen LogP contribution in [0.2, 0.25) is 0 Å². The Morgan fingerprint density at radius 1 is 0.554 bits per heavy atom. The highest BCUT2D eigenvalue weighted by Crippen LogP contribution is 2.33. The molecule has 0 saturated heterocycles. The Hall–Kier alpha value is -10.0. The zero-order valence-corrected chi connectivity index (χ0v) is 47.4. The standard InChI is InChI=1S/C29H28N10O2S.C28H28N10OS.CH4/c1-29(2,3)21-14-23(39(38-21)18-8-11-20-17(13-18)7-12-24(40)31-20)33-27-35-26(36-37-27)16-5-9-19(10-6-16)41-25-15-22(30)32-28(34-25)42-4;1-28(2,3)21-14-23(38(37-21)18-7-10-20-17(13-18)11-12-30-20)32-26-34-25(35-36-26)16-5-8-19(9-6-16)39-24-15-22(29)31-27(33-24)40-4;/h5-15H,1-4H3,(H,31,40)(H2,30,32,34)(H2,33,35,36,37);5-15,30H,1-4H3,(H2,29,31,33)(H2,32,34,35,36);1H4. The third-order valence-corrected chi connectivity index (χ3v) is 13.7. The van der Waals surface area contributed by atoms with Gasteiger partial charge in [-0.1, -0.05) is 72.5 Å². The maximum Gasteiger partial charge on any atom is 0.248 e. The van der Waals surface area contributed by atoms with Gasteiger partial charge in [-0.3, -0.25) is 9.89 Å². The van der Waals surface area contributed by atoms with Crippen LogP contribution in [0.5, 0.6) is 23.3 Å². The van der Waals surface area contributed by atoms with E-state index in [4.69, 9.17) is 31.1 Å². The summed E-state index contributed by atoms with van der Waals surface area (Å²) in [4.78, 5) is 42.7. The van der Waals surface area contributed by atoms with Crippen molar-refractivity contribution in [2.24, 2.45) is 0 Å². The molecule has 8 heterocycles. The van der Waals surface area contributed by atoms with Crippen molar-refractivity contribution in [3.05, 3.63) is 155 Å². The molecule has 12 rings (SSSR count). The molecule has 4 aromatic carbocycles. The number of hydrogen-bond donors (Lipinski definition) is 8. The highest BCUT2D eigenvalue weighted by atomic mass is 32.2. The monoisotopic (exact) mass is 1150 g/mol. The first kappa shape index (κ1) is 56.3. The van der Waals surface area contributed by atoms with E-state index in [1.807, 2.05) is 125 Å². The molecule has 0 fully saturated rings. The van der Waals surface area contributed by atoms with E-state index in [0.29, 0.717) is 74.6 Å². The number of benzene rings is 4. The van der Waals surface area contributed by atoms with Gasteiger partial charge in [-0.25, -0.2) is 19.3 Å². The molecule has 0 radical (unpaired) electrons. The van der Waals surface area contributed by atoms with Crippen LogP contribution in [0.15, 0.2) is 149 Å². The number of thioether (sulfide) groups is 2. The largest absolute Gasteiger partial charge is 0.439 e. The van der Waals surface area contributed by atoms with Gasteiger partial charge >= 0.3 is 0 Å². The Bertz CT molecular complexity index is 4300. The lowest BCUT2D eigenvalue weighted by molar-refractivity contribution is 0.456. The van der Waals surface area contributed by atoms with Crippen LogP contribution in [0.1, 0.15) is 60.4 Å². The van der Waals surface area contributed by atoms with E-state index in [-0.39, 0.29) is 23.8 Å². The third-order valence-electron chi connectivity index (χ3n) is 12.6. The summed E-state index contributed by atoms with van der Waals surface area (Å²) in [6.45, 7) is 12.7. The lowest BCUT2D eigenvalue weighted by atomic mass is 9.92. The summed E-state index contributed by atoms with van der Waals surface area (Å²) in [5, 5.41) is 35.6. The predicted octanol–water partition coefficient (Wildman–Crippen LogP) is 12.1. The third kappa shape index (κ3) is 13.0. The molecule has 83 heavy (non-hydrogen) atoms. The Labute approximate surface area is 485 Å². The Morgan fingerprint density at radius 3 is 1.64 bits per heavy atom. The number of nitrogen functional groups attached to an aromatic ring is 2. The zero-order chi connectivity index (χ0) is 57.3. The fourth-order valence-corrected chi connectivity index (χ4v) is 9.13. The second-order valence-electron chi connectivity index (χ2n) is 20.8. The van der Waals surface area contributed by atoms with Crippen molar-refractivity contribution in [3.63, 3.8) is 0 Å². The molecule has 0 bridgehead atoms. The normalized spacial score (nSPS) is 11.5. The Kier molecular flexibility index (Phi) is 15.7. The van der Waals surface area contributed by atoms with Gasteiger partial charge in [-0.15, -0.1) is 15.3 Å². The number of pyridine rings is 1. The number of aromatic nitrogens is 16. The van der Waals surface area contributed by atoms with Crippen LogP contribution in [-0.4, -0.2) is 92.3 Å². The van der Waals surface area contributed by atoms with E-state index in [9.17, 15) is 4.79 Å². The number of anilines is 6. The average Bonchev–Trinajstić information content (AvgIpc) is 3.53. The molecule has 0 saturated carbocycles. The number of aromatic amines is 4. The van der Waals surface area contributed by atoms with Crippen molar-refractivity contribution in [2.75, 3.05) is 34.6 Å². The Morgan fingerprint density at radius 2 is 1.08 bits per heavy atom. The Balaban J connectivity index is 0.000000183. The minimum Gasteiger partial charge on any atom is -0.439 e. The topological polar surface area (TPSA) is 314 Å². The first-order chi connectivity index (χ1) is 39.4. The second-order valence-corrected chi connectivity index (χ2v) is 22.3. The molecular formula is C58H60N20O3S2. The first-order valence-electron chi connectivity index (χ1n) is 25.6. The van der Waals surface area contributed by atoms with Gasteiger partial charge in [0.2, 0.25) is 29.2 Å². The summed E-state index contributed by atoms with van der Waals surface area (Å²) in [5.41, 5.74) is 18.4. The molecule has 422 valence electrons. The first-order valence-corrected chi connectivity index (χ1v) is 28.1. The van der Waals surface area contributed by atoms with E-state index in [0.717, 1.165) is 61.5 Å². The van der Waals surface area contributed by atoms with Crippen molar-refractivity contribution in [3.8, 4) is 57.4 Å². The van der Waals surface area contributed by atoms with Gasteiger partial charge in [0.05, 0.1) is 22.8 Å². The smallest absolute Gasteiger partial charge is 0.248 e. The summed E-state index contributed by atoms with van der Waals surface area (Å²) in [6, 6.07) is 39.3. The quantitative estimate of drug-likeness (QED) is 0.0370. The van der Waals surface area contributed by atoms with Crippen molar-refractivity contribution >= 4 is 80.5 Å². The molecule has 0 aliphatic rings. The minimum absolute atomic E-state index is 0. The number of nitrogens with two attached hydrogens (primary N) is 2. The molecule has 0 unspecified atom stereocenters. The van der Waals surface area contributed by atoms with Gasteiger partial charge in [-0.05, 0) is 110 Å². The molecule has 0 spiro atoms. The van der Waals surface area contributed by atoms with E-state index >= 15 is 0 Å². The lowest BCUT2D eigenvalue weighted by Crippen LogP contribution is -2.12. The van der Waals surface area contributed by atoms with Gasteiger partial charge in [0.25, 0.3) is 0 Å². The van der Waals surface area contributed by atoms with E-state index in [1.165, 1.54) is 29.6 Å². The number of ether oxygens (including phenoxy) is 2. The summed E-state index contributed by atoms with van der Waals surface area (Å²) >= 11 is 2.79. The number of rotatable bonds is 14. The maximum absolute atomic E-state index is 11.7. The van der Waals surface area contributed by atoms with E-state index in [2.05, 4.69) is 119 Å². The summed E-state index contributed by atoms with van der Waals surface area (Å²) in [7, 11) is 0. The summed E-state index contributed by atoms with van der Waals surface area (Å²) in [5.74, 6) is 6.23. The fourth-order valence-electron chi connectivity index (χ4n) is 8.38. The van der Waals surface area contributed by atoms with Gasteiger partial charge < -0.3 is 46.5 Å². The van der Waals surface area contributed by atoms with Gasteiger partial charge in [-0.2, -0.15) is 25.1 Å². The van der Waals surface area contributed by atoms with Gasteiger partial charge in [0.15, 0.2) is 22.0 Å². The minimum atomic E-state index is -0.186. The van der Waals surface area contributed by atoms with Crippen molar-refractivity contribution in [1.82, 2.24) is 79.8 Å². The van der Waals surface area contributed by atoms with Crippen molar-refractivity contribution < 1.29 is 9.47 Å². The number of nitrogens with zero attached hydrogens (tertiary/aromatic N) is 12. The van der Waals surface area contributed by atoms with Crippen LogP contribution in [0.4, 0.5) is 35.2 Å². The van der Waals surface area contributed by atoms with Crippen LogP contribution in [0.25, 0.3) is 56.0 Å². The molecule has 0 aliphatic carbocycles. The lowest BCUT2D eigenvalue weighted by Gasteiger charge is -2.14. The van der Waals surface area contributed by atoms with Gasteiger partial charge in [0.1, 0.15) is 34.8 Å². The van der Waals surface area contributed by atoms with Crippen LogP contribution in [0.3, 0.4) is 0 Å². The summed E-state index contributed by atoms with van der Waals surface area (Å²) < 4.78 is 15.4. The SMILES string of the molecule is C.CSc1nc(N)cc(Oc2ccc(-c3nc(Nc4cc(C(C)(C)C)nn4-c4ccc5[nH]ccc5c4)n[nH]3)cc2)n1.CSc1nc(N)cc(Oc2ccc(-c3nnc(Nc4cc(C(C)(C)C)nn4-c4ccc5[nH]c(=O)ccc5c4)[nH]3)cc2)n1. The van der Waals surface area contributed by atoms with Crippen LogP contribution in [-0.2, 0) is 10.8 Å². The number of hydrogen-bond acceptors (Lipinski definition) is 19. The van der Waals surface area contributed by atoms with Crippen molar-refractivity contribution in [1.29, 1.82) is 0 Å². The van der Waals surface area contributed by atoms with Crippen LogP contribution >= 0.6 is 23.5 Å². The maximum atomic E-state index is 11.7.